The molecule has 0 spiro atoms. The van der Waals surface area contributed by atoms with E-state index in [1.165, 1.54) is 31.3 Å². The molecule has 0 radical (unpaired) electrons. The van der Waals surface area contributed by atoms with E-state index in [4.69, 9.17) is 11.6 Å². The summed E-state index contributed by atoms with van der Waals surface area (Å²) in [7, 11) is -3.17. The number of anilines is 2. The molecule has 166 valence electrons. The van der Waals surface area contributed by atoms with Crippen LogP contribution in [0, 0.1) is 5.82 Å². The zero-order valence-electron chi connectivity index (χ0n) is 16.8. The molecule has 2 aromatic carbocycles. The van der Waals surface area contributed by atoms with Gasteiger partial charge < -0.3 is 9.47 Å². The zero-order valence-corrected chi connectivity index (χ0v) is 18.4. The Balaban J connectivity index is 1.87. The Hall–Kier alpha value is -3.21. The van der Waals surface area contributed by atoms with Gasteiger partial charge in [-0.2, -0.15) is 8.42 Å². The second-order valence-electron chi connectivity index (χ2n) is 7.17. The first kappa shape index (κ1) is 22.0. The van der Waals surface area contributed by atoms with E-state index >= 15 is 0 Å². The monoisotopic (exact) mass is 476 g/mol. The molecule has 11 heteroatoms. The number of carbonyl (C=O) groups excluding carboxylic acids is 1. The fourth-order valence-corrected chi connectivity index (χ4v) is 4.17. The lowest BCUT2D eigenvalue weighted by Crippen LogP contribution is -2.34. The summed E-state index contributed by atoms with van der Waals surface area (Å²) < 4.78 is 47.0. The number of benzene rings is 2. The molecule has 2 heterocycles. The van der Waals surface area contributed by atoms with E-state index in [9.17, 15) is 22.2 Å². The van der Waals surface area contributed by atoms with Crippen molar-refractivity contribution in [3.05, 3.63) is 77.3 Å². The van der Waals surface area contributed by atoms with Gasteiger partial charge in [0.05, 0.1) is 0 Å². The summed E-state index contributed by atoms with van der Waals surface area (Å²) in [5, 5.41) is 0.563. The number of nitrogens with zero attached hydrogens (tertiary/aromatic N) is 4. The Kier molecular flexibility index (Phi) is 5.76. The predicted octanol–water partition coefficient (Wildman–Crippen LogP) is 3.93. The predicted molar refractivity (Wildman–Crippen MR) is 119 cm³/mol. The van der Waals surface area contributed by atoms with Crippen molar-refractivity contribution in [2.75, 3.05) is 17.8 Å². The molecule has 8 nitrogen and oxygen atoms in total. The van der Waals surface area contributed by atoms with E-state index in [0.29, 0.717) is 23.1 Å². The summed E-state index contributed by atoms with van der Waals surface area (Å²) >= 11 is 5.99. The van der Waals surface area contributed by atoms with Crippen LogP contribution in [0.1, 0.15) is 10.5 Å². The minimum absolute atomic E-state index is 0.112. The summed E-state index contributed by atoms with van der Waals surface area (Å²) in [5.41, 5.74) is 1.59. The number of imidazole rings is 1. The molecule has 3 aromatic rings. The van der Waals surface area contributed by atoms with Gasteiger partial charge in [-0.15, -0.1) is 0 Å². The van der Waals surface area contributed by atoms with Gasteiger partial charge in [0.25, 0.3) is 16.0 Å². The molecule has 0 atom stereocenters. The molecular weight excluding hydrogens is 459 g/mol. The van der Waals surface area contributed by atoms with Gasteiger partial charge in [-0.3, -0.25) is 14.2 Å². The van der Waals surface area contributed by atoms with Crippen LogP contribution in [0.4, 0.5) is 16.0 Å². The normalized spacial score (nSPS) is 13.2. The molecule has 1 amide bonds. The Morgan fingerprint density at radius 3 is 2.47 bits per heavy atom. The van der Waals surface area contributed by atoms with E-state index < -0.39 is 27.7 Å². The maximum atomic E-state index is 13.5. The van der Waals surface area contributed by atoms with Crippen molar-refractivity contribution in [3.8, 4) is 11.3 Å². The molecule has 0 saturated carbocycles. The van der Waals surface area contributed by atoms with Crippen LogP contribution in [0.5, 0.6) is 0 Å². The second kappa shape index (κ2) is 8.38. The van der Waals surface area contributed by atoms with Crippen LogP contribution in [0.2, 0.25) is 5.02 Å². The fourth-order valence-electron chi connectivity index (χ4n) is 3.44. The molecule has 0 fully saturated rings. The number of amides is 1. The maximum absolute atomic E-state index is 13.5. The van der Waals surface area contributed by atoms with Gasteiger partial charge in [0.2, 0.25) is 5.95 Å². The lowest BCUT2D eigenvalue weighted by atomic mass is 10.1. The van der Waals surface area contributed by atoms with Crippen LogP contribution in [-0.2, 0) is 16.7 Å². The van der Waals surface area contributed by atoms with Gasteiger partial charge in [-0.1, -0.05) is 11.6 Å². The topological polar surface area (TPSA) is 95.7 Å². The van der Waals surface area contributed by atoms with E-state index in [-0.39, 0.29) is 11.4 Å². The number of carbonyl (C=O) groups is 1. The second-order valence-corrected chi connectivity index (χ2v) is 9.03. The van der Waals surface area contributed by atoms with Crippen molar-refractivity contribution in [2.24, 2.45) is 0 Å². The van der Waals surface area contributed by atoms with Gasteiger partial charge >= 0.3 is 0 Å². The van der Waals surface area contributed by atoms with Gasteiger partial charge in [0.1, 0.15) is 23.1 Å². The Bertz CT molecular complexity index is 1300. The van der Waals surface area contributed by atoms with Gasteiger partial charge in [0, 0.05) is 36.1 Å². The summed E-state index contributed by atoms with van der Waals surface area (Å²) in [6.45, 7) is 0.300. The number of hydrogen-bond donors (Lipinski definition) is 1. The van der Waals surface area contributed by atoms with Crippen molar-refractivity contribution in [1.29, 1.82) is 0 Å². The highest BCUT2D eigenvalue weighted by Crippen LogP contribution is 2.35. The largest absolute Gasteiger partial charge is 0.324 e. The van der Waals surface area contributed by atoms with Gasteiger partial charge in [-0.05, 0) is 54.6 Å². The standard InChI is InChI=1S/C21H18ClFN4O4S/c1-25(13-32(29,30)31)20(28)19-18(14-3-7-16(23)8-4-14)24-21-26(11-2-12-27(19)21)17-9-5-15(22)6-10-17/h2-11H,12-13H2,1H3,(H,29,30,31). The summed E-state index contributed by atoms with van der Waals surface area (Å²) in [6.07, 6.45) is 3.62. The number of fused-ring (bicyclic) bond motifs is 1. The minimum atomic E-state index is -4.43. The van der Waals surface area contributed by atoms with Crippen LogP contribution < -0.4 is 4.90 Å². The molecule has 1 aromatic heterocycles. The number of halogens is 2. The van der Waals surface area contributed by atoms with E-state index in [1.54, 1.807) is 39.9 Å². The quantitative estimate of drug-likeness (QED) is 0.561. The van der Waals surface area contributed by atoms with Crippen LogP contribution in [0.15, 0.2) is 60.8 Å². The van der Waals surface area contributed by atoms with E-state index in [2.05, 4.69) is 4.98 Å². The number of hydrogen-bond acceptors (Lipinski definition) is 5. The van der Waals surface area contributed by atoms with Crippen molar-refractivity contribution in [2.45, 2.75) is 6.54 Å². The Labute approximate surface area is 188 Å². The molecule has 1 aliphatic heterocycles. The maximum Gasteiger partial charge on any atom is 0.283 e. The first-order chi connectivity index (χ1) is 15.1. The van der Waals surface area contributed by atoms with Crippen LogP contribution in [0.25, 0.3) is 11.3 Å². The van der Waals surface area contributed by atoms with Crippen LogP contribution >= 0.6 is 11.6 Å². The third-order valence-corrected chi connectivity index (χ3v) is 5.80. The van der Waals surface area contributed by atoms with Crippen molar-refractivity contribution >= 4 is 39.3 Å². The molecule has 0 aliphatic carbocycles. The minimum Gasteiger partial charge on any atom is -0.324 e. The average Bonchev–Trinajstić information content (AvgIpc) is 3.12. The van der Waals surface area contributed by atoms with Crippen molar-refractivity contribution < 1.29 is 22.2 Å². The smallest absolute Gasteiger partial charge is 0.283 e. The number of aromatic nitrogens is 2. The van der Waals surface area contributed by atoms with Gasteiger partial charge in [-0.25, -0.2) is 9.37 Å². The number of rotatable bonds is 5. The highest BCUT2D eigenvalue weighted by Gasteiger charge is 2.31. The molecule has 0 bridgehead atoms. The van der Waals surface area contributed by atoms with Gasteiger partial charge in [0.15, 0.2) is 0 Å². The molecule has 1 N–H and O–H groups in total. The lowest BCUT2D eigenvalue weighted by Gasteiger charge is -2.25. The highest BCUT2D eigenvalue weighted by molar-refractivity contribution is 7.85. The van der Waals surface area contributed by atoms with E-state index in [1.807, 2.05) is 6.08 Å². The fraction of sp³-hybridized carbons (Fsp3) is 0.143. The third kappa shape index (κ3) is 4.38. The summed E-state index contributed by atoms with van der Waals surface area (Å²) in [4.78, 5) is 20.6. The Morgan fingerprint density at radius 2 is 1.84 bits per heavy atom. The first-order valence-electron chi connectivity index (χ1n) is 9.42. The lowest BCUT2D eigenvalue weighted by molar-refractivity contribution is 0.0805. The molecule has 1 aliphatic rings. The van der Waals surface area contributed by atoms with E-state index in [0.717, 1.165) is 10.6 Å². The first-order valence-corrected chi connectivity index (χ1v) is 11.4. The summed E-state index contributed by atoms with van der Waals surface area (Å²) in [6, 6.07) is 12.5. The summed E-state index contributed by atoms with van der Waals surface area (Å²) in [5.74, 6) is -1.57. The van der Waals surface area contributed by atoms with Crippen LogP contribution in [0.3, 0.4) is 0 Å². The Morgan fingerprint density at radius 1 is 1.19 bits per heavy atom. The molecule has 0 unspecified atom stereocenters. The zero-order chi connectivity index (χ0) is 23.0. The van der Waals surface area contributed by atoms with Crippen molar-refractivity contribution in [1.82, 2.24) is 14.5 Å². The molecule has 32 heavy (non-hydrogen) atoms. The highest BCUT2D eigenvalue weighted by atomic mass is 35.5. The third-order valence-electron chi connectivity index (χ3n) is 4.83. The average molecular weight is 477 g/mol. The van der Waals surface area contributed by atoms with Crippen LogP contribution in [-0.4, -0.2) is 46.3 Å². The molecule has 0 saturated heterocycles. The van der Waals surface area contributed by atoms with Crippen molar-refractivity contribution in [3.63, 3.8) is 0 Å². The molecule has 4 rings (SSSR count). The SMILES string of the molecule is CN(CS(=O)(=O)O)C(=O)c1c(-c2ccc(F)cc2)nc2n1CC=CN2c1ccc(Cl)cc1. The molecular formula is C21H18ClFN4O4S. The number of allylic oxidation sites excluding steroid dienone is 1.